The molecule has 1 heterocycles. The Labute approximate surface area is 73.9 Å². The normalized spacial score (nSPS) is 25.2. The molecule has 3 N–H and O–H groups in total. The average Bonchev–Trinajstić information content (AvgIpc) is 2.06. The number of ether oxygens (including phenoxy) is 1. The zero-order valence-corrected chi connectivity index (χ0v) is 7.75. The molecule has 0 saturated carbocycles. The summed E-state index contributed by atoms with van der Waals surface area (Å²) in [5.41, 5.74) is 4.76. The lowest BCUT2D eigenvalue weighted by atomic mass is 9.87. The van der Waals surface area contributed by atoms with Gasteiger partial charge in [-0.3, -0.25) is 0 Å². The molecule has 0 aromatic rings. The Morgan fingerprint density at radius 1 is 1.50 bits per heavy atom. The lowest BCUT2D eigenvalue weighted by molar-refractivity contribution is 0.00544. The van der Waals surface area contributed by atoms with Crippen LogP contribution in [0.15, 0.2) is 0 Å². The lowest BCUT2D eigenvalue weighted by Gasteiger charge is -2.29. The summed E-state index contributed by atoms with van der Waals surface area (Å²) in [5.74, 6) is 0.595. The van der Waals surface area contributed by atoms with Crippen LogP contribution in [0.2, 0.25) is 0 Å². The molecule has 0 aromatic heterocycles. The van der Waals surface area contributed by atoms with E-state index in [2.05, 4.69) is 0 Å². The van der Waals surface area contributed by atoms with Crippen molar-refractivity contribution in [1.82, 2.24) is 0 Å². The molecule has 1 aliphatic heterocycles. The molecular formula is C9H19NO2. The molecule has 0 aromatic carbocycles. The molecule has 0 radical (unpaired) electrons. The SMILES string of the molecule is CC(O)(CN)CC1CCOCC1. The van der Waals surface area contributed by atoms with Crippen LogP contribution in [0, 0.1) is 5.92 Å². The van der Waals surface area contributed by atoms with E-state index >= 15 is 0 Å². The van der Waals surface area contributed by atoms with Gasteiger partial charge in [-0.25, -0.2) is 0 Å². The van der Waals surface area contributed by atoms with Gasteiger partial charge in [-0.1, -0.05) is 0 Å². The van der Waals surface area contributed by atoms with Gasteiger partial charge in [0.2, 0.25) is 0 Å². The summed E-state index contributed by atoms with van der Waals surface area (Å²) in [5, 5.41) is 9.71. The third-order valence-corrected chi connectivity index (χ3v) is 2.51. The van der Waals surface area contributed by atoms with Crippen molar-refractivity contribution < 1.29 is 9.84 Å². The Morgan fingerprint density at radius 3 is 2.58 bits per heavy atom. The number of aliphatic hydroxyl groups is 1. The predicted octanol–water partition coefficient (Wildman–Crippen LogP) is 0.513. The molecule has 1 unspecified atom stereocenters. The van der Waals surface area contributed by atoms with Crippen molar-refractivity contribution in [3.05, 3.63) is 0 Å². The van der Waals surface area contributed by atoms with E-state index in [9.17, 15) is 5.11 Å². The van der Waals surface area contributed by atoms with Gasteiger partial charge < -0.3 is 15.6 Å². The summed E-state index contributed by atoms with van der Waals surface area (Å²) in [6, 6.07) is 0. The highest BCUT2D eigenvalue weighted by molar-refractivity contribution is 4.78. The van der Waals surface area contributed by atoms with E-state index in [4.69, 9.17) is 10.5 Å². The van der Waals surface area contributed by atoms with Gasteiger partial charge in [-0.15, -0.1) is 0 Å². The molecule has 3 heteroatoms. The first kappa shape index (κ1) is 9.96. The molecule has 1 atom stereocenters. The maximum Gasteiger partial charge on any atom is 0.0744 e. The van der Waals surface area contributed by atoms with E-state index in [1.165, 1.54) is 0 Å². The van der Waals surface area contributed by atoms with Gasteiger partial charge in [0.15, 0.2) is 0 Å². The summed E-state index contributed by atoms with van der Waals surface area (Å²) in [4.78, 5) is 0. The third-order valence-electron chi connectivity index (χ3n) is 2.51. The van der Waals surface area contributed by atoms with Gasteiger partial charge >= 0.3 is 0 Å². The number of rotatable bonds is 3. The first-order valence-electron chi connectivity index (χ1n) is 4.64. The van der Waals surface area contributed by atoms with Gasteiger partial charge in [0, 0.05) is 19.8 Å². The standard InChI is InChI=1S/C9H19NO2/c1-9(11,7-10)6-8-2-4-12-5-3-8/h8,11H,2-7,10H2,1H3. The Kier molecular flexibility index (Phi) is 3.50. The monoisotopic (exact) mass is 173 g/mol. The van der Waals surface area contributed by atoms with E-state index in [0.29, 0.717) is 12.5 Å². The zero-order valence-electron chi connectivity index (χ0n) is 7.75. The van der Waals surface area contributed by atoms with Gasteiger partial charge in [0.05, 0.1) is 5.60 Å². The van der Waals surface area contributed by atoms with Crippen LogP contribution in [0.25, 0.3) is 0 Å². The van der Waals surface area contributed by atoms with E-state index < -0.39 is 5.60 Å². The van der Waals surface area contributed by atoms with Crippen LogP contribution in [0.5, 0.6) is 0 Å². The summed E-state index contributed by atoms with van der Waals surface area (Å²) < 4.78 is 5.23. The number of nitrogens with two attached hydrogens (primary N) is 1. The largest absolute Gasteiger partial charge is 0.389 e. The van der Waals surface area contributed by atoms with Gasteiger partial charge in [-0.2, -0.15) is 0 Å². The Morgan fingerprint density at radius 2 is 2.08 bits per heavy atom. The fourth-order valence-corrected chi connectivity index (χ4v) is 1.66. The van der Waals surface area contributed by atoms with E-state index in [0.717, 1.165) is 32.5 Å². The van der Waals surface area contributed by atoms with Crippen LogP contribution in [-0.2, 0) is 4.74 Å². The molecule has 1 rings (SSSR count). The number of hydrogen-bond donors (Lipinski definition) is 2. The van der Waals surface area contributed by atoms with Crippen LogP contribution in [0.4, 0.5) is 0 Å². The Balaban J connectivity index is 2.28. The minimum atomic E-state index is -0.679. The fraction of sp³-hybridized carbons (Fsp3) is 1.00. The van der Waals surface area contributed by atoms with Crippen LogP contribution >= 0.6 is 0 Å². The minimum Gasteiger partial charge on any atom is -0.389 e. The predicted molar refractivity (Wildman–Crippen MR) is 47.8 cm³/mol. The first-order chi connectivity index (χ1) is 5.64. The van der Waals surface area contributed by atoms with E-state index in [1.807, 2.05) is 6.92 Å². The molecule has 0 spiro atoms. The average molecular weight is 173 g/mol. The molecule has 0 aliphatic carbocycles. The number of hydrogen-bond acceptors (Lipinski definition) is 3. The highest BCUT2D eigenvalue weighted by Gasteiger charge is 2.25. The molecule has 12 heavy (non-hydrogen) atoms. The van der Waals surface area contributed by atoms with E-state index in [1.54, 1.807) is 0 Å². The molecule has 0 bridgehead atoms. The topological polar surface area (TPSA) is 55.5 Å². The maximum absolute atomic E-state index is 9.71. The van der Waals surface area contributed by atoms with Crippen molar-refractivity contribution in [3.8, 4) is 0 Å². The van der Waals surface area contributed by atoms with Crippen molar-refractivity contribution in [3.63, 3.8) is 0 Å². The summed E-state index contributed by atoms with van der Waals surface area (Å²) >= 11 is 0. The quantitative estimate of drug-likeness (QED) is 0.654. The highest BCUT2D eigenvalue weighted by atomic mass is 16.5. The fourth-order valence-electron chi connectivity index (χ4n) is 1.66. The van der Waals surface area contributed by atoms with Crippen molar-refractivity contribution >= 4 is 0 Å². The lowest BCUT2D eigenvalue weighted by Crippen LogP contribution is -2.37. The summed E-state index contributed by atoms with van der Waals surface area (Å²) in [6.45, 7) is 3.84. The van der Waals surface area contributed by atoms with Crippen molar-refractivity contribution in [2.75, 3.05) is 19.8 Å². The third kappa shape index (κ3) is 3.09. The van der Waals surface area contributed by atoms with Crippen molar-refractivity contribution in [2.24, 2.45) is 11.7 Å². The smallest absolute Gasteiger partial charge is 0.0744 e. The summed E-state index contributed by atoms with van der Waals surface area (Å²) in [7, 11) is 0. The second-order valence-corrected chi connectivity index (χ2v) is 3.96. The van der Waals surface area contributed by atoms with Crippen LogP contribution in [0.3, 0.4) is 0 Å². The van der Waals surface area contributed by atoms with Gasteiger partial charge in [-0.05, 0) is 32.1 Å². The molecule has 1 fully saturated rings. The van der Waals surface area contributed by atoms with E-state index in [-0.39, 0.29) is 0 Å². The Hall–Kier alpha value is -0.120. The van der Waals surface area contributed by atoms with Crippen LogP contribution < -0.4 is 5.73 Å². The van der Waals surface area contributed by atoms with Gasteiger partial charge in [0.25, 0.3) is 0 Å². The van der Waals surface area contributed by atoms with Crippen LogP contribution in [0.1, 0.15) is 26.2 Å². The Bertz CT molecular complexity index is 130. The van der Waals surface area contributed by atoms with Crippen LogP contribution in [-0.4, -0.2) is 30.5 Å². The molecule has 1 aliphatic rings. The van der Waals surface area contributed by atoms with Crippen molar-refractivity contribution in [2.45, 2.75) is 31.8 Å². The molecule has 0 amide bonds. The highest BCUT2D eigenvalue weighted by Crippen LogP contribution is 2.24. The maximum atomic E-state index is 9.71. The molecule has 1 saturated heterocycles. The molecule has 72 valence electrons. The van der Waals surface area contributed by atoms with Crippen molar-refractivity contribution in [1.29, 1.82) is 0 Å². The summed E-state index contributed by atoms with van der Waals surface area (Å²) in [6.07, 6.45) is 2.94. The molecular weight excluding hydrogens is 154 g/mol. The van der Waals surface area contributed by atoms with Gasteiger partial charge in [0.1, 0.15) is 0 Å². The molecule has 3 nitrogen and oxygen atoms in total. The minimum absolute atomic E-state index is 0.352. The second kappa shape index (κ2) is 4.21. The first-order valence-corrected chi connectivity index (χ1v) is 4.64. The second-order valence-electron chi connectivity index (χ2n) is 3.96. The zero-order chi connectivity index (χ0) is 9.03.